The molecule has 0 aliphatic heterocycles. The third kappa shape index (κ3) is 29.8. The Labute approximate surface area is 376 Å². The fourth-order valence-electron chi connectivity index (χ4n) is 6.24. The number of benzene rings is 4. The van der Waals surface area contributed by atoms with Gasteiger partial charge >= 0.3 is 0 Å². The highest BCUT2D eigenvalue weighted by Gasteiger charge is 1.98. The molecule has 0 bridgehead atoms. The molecule has 0 heteroatoms. The second kappa shape index (κ2) is 39.1. The minimum atomic E-state index is 1.03. The van der Waals surface area contributed by atoms with E-state index in [0.717, 1.165) is 33.4 Å². The maximum Gasteiger partial charge on any atom is 0.0249 e. The molecular formula is C61H82. The Morgan fingerprint density at radius 3 is 0.852 bits per heavy atom. The maximum atomic E-state index is 3.36. The average molecular weight is 815 g/mol. The summed E-state index contributed by atoms with van der Waals surface area (Å²) in [5.74, 6) is 13.3. The van der Waals surface area contributed by atoms with Gasteiger partial charge in [0.05, 0.1) is 0 Å². The van der Waals surface area contributed by atoms with E-state index in [1.165, 1.54) is 133 Å². The van der Waals surface area contributed by atoms with E-state index < -0.39 is 0 Å². The molecule has 0 radical (unpaired) electrons. The molecule has 326 valence electrons. The van der Waals surface area contributed by atoms with E-state index in [0.29, 0.717) is 0 Å². The largest absolute Gasteiger partial charge is 0.0991 e. The van der Waals surface area contributed by atoms with Gasteiger partial charge in [-0.3, -0.25) is 0 Å². The highest BCUT2D eigenvalue weighted by atomic mass is 14.0. The molecule has 0 aromatic heterocycles. The SMILES string of the molecule is C/C=C\C.C=CC=C.CCCCCCC.CCCCCCCCc1ccc(C#Cc2ccc(/C=C/c3ccc(C#Cc4ccc(CCCCCCCC)cc4)cc3)cc2)cc1. The highest BCUT2D eigenvalue weighted by molar-refractivity contribution is 5.70. The van der Waals surface area contributed by atoms with Gasteiger partial charge in [-0.15, -0.1) is 0 Å². The molecule has 0 saturated heterocycles. The summed E-state index contributed by atoms with van der Waals surface area (Å²) < 4.78 is 0. The second-order valence-corrected chi connectivity index (χ2v) is 15.7. The number of allylic oxidation sites excluding steroid dienone is 4. The molecule has 4 aromatic rings. The van der Waals surface area contributed by atoms with Crippen molar-refractivity contribution in [2.45, 2.75) is 164 Å². The molecule has 0 nitrogen and oxygen atoms in total. The van der Waals surface area contributed by atoms with Gasteiger partial charge in [-0.25, -0.2) is 0 Å². The predicted octanol–water partition coefficient (Wildman–Crippen LogP) is 18.4. The highest BCUT2D eigenvalue weighted by Crippen LogP contribution is 2.14. The lowest BCUT2D eigenvalue weighted by atomic mass is 10.0. The minimum Gasteiger partial charge on any atom is -0.0991 e. The molecule has 0 atom stereocenters. The molecule has 0 saturated carbocycles. The van der Waals surface area contributed by atoms with Crippen LogP contribution in [0, 0.1) is 23.7 Å². The first-order valence-electron chi connectivity index (χ1n) is 23.9. The molecule has 0 aliphatic rings. The van der Waals surface area contributed by atoms with Crippen molar-refractivity contribution in [1.29, 1.82) is 0 Å². The number of rotatable bonds is 21. The lowest BCUT2D eigenvalue weighted by molar-refractivity contribution is 0.607. The lowest BCUT2D eigenvalue weighted by Crippen LogP contribution is -1.87. The Balaban J connectivity index is 0.00000106. The quantitative estimate of drug-likeness (QED) is 0.0258. The summed E-state index contributed by atoms with van der Waals surface area (Å²) in [6, 6.07) is 34.5. The number of aryl methyl sites for hydroxylation is 2. The van der Waals surface area contributed by atoms with Crippen molar-refractivity contribution in [1.82, 2.24) is 0 Å². The van der Waals surface area contributed by atoms with Gasteiger partial charge in [-0.05, 0) is 110 Å². The molecule has 0 spiro atoms. The predicted molar refractivity (Wildman–Crippen MR) is 276 cm³/mol. The molecule has 0 aliphatic carbocycles. The van der Waals surface area contributed by atoms with Crippen LogP contribution >= 0.6 is 0 Å². The summed E-state index contributed by atoms with van der Waals surface area (Å²) in [6.07, 6.45) is 37.0. The zero-order valence-corrected chi connectivity index (χ0v) is 39.6. The Hall–Kier alpha value is -5.04. The van der Waals surface area contributed by atoms with Crippen molar-refractivity contribution >= 4 is 12.2 Å². The van der Waals surface area contributed by atoms with Crippen molar-refractivity contribution in [2.24, 2.45) is 0 Å². The molecule has 4 aromatic carbocycles. The van der Waals surface area contributed by atoms with E-state index in [9.17, 15) is 0 Å². The second-order valence-electron chi connectivity index (χ2n) is 15.7. The average Bonchev–Trinajstić information content (AvgIpc) is 3.31. The van der Waals surface area contributed by atoms with Gasteiger partial charge in [-0.2, -0.15) is 0 Å². The van der Waals surface area contributed by atoms with Crippen molar-refractivity contribution < 1.29 is 0 Å². The number of unbranched alkanes of at least 4 members (excludes halogenated alkanes) is 14. The van der Waals surface area contributed by atoms with Gasteiger partial charge in [-0.1, -0.05) is 246 Å². The van der Waals surface area contributed by atoms with Crippen molar-refractivity contribution in [3.63, 3.8) is 0 Å². The summed E-state index contributed by atoms with van der Waals surface area (Å²) >= 11 is 0. The van der Waals surface area contributed by atoms with Crippen molar-refractivity contribution in [3.05, 3.63) is 179 Å². The molecule has 0 amide bonds. The molecular weight excluding hydrogens is 733 g/mol. The van der Waals surface area contributed by atoms with Crippen LogP contribution in [0.15, 0.2) is 135 Å². The van der Waals surface area contributed by atoms with Crippen LogP contribution in [0.2, 0.25) is 0 Å². The van der Waals surface area contributed by atoms with Crippen LogP contribution in [0.4, 0.5) is 0 Å². The molecule has 4 rings (SSSR count). The topological polar surface area (TPSA) is 0 Å². The minimum absolute atomic E-state index is 1.03. The molecule has 0 heterocycles. The molecule has 0 N–H and O–H groups in total. The zero-order valence-electron chi connectivity index (χ0n) is 39.6. The van der Waals surface area contributed by atoms with Crippen LogP contribution in [0.5, 0.6) is 0 Å². The summed E-state index contributed by atoms with van der Waals surface area (Å²) in [4.78, 5) is 0. The first kappa shape index (κ1) is 54.0. The van der Waals surface area contributed by atoms with E-state index in [4.69, 9.17) is 0 Å². The number of hydrogen-bond donors (Lipinski definition) is 0. The van der Waals surface area contributed by atoms with Gasteiger partial charge in [0.25, 0.3) is 0 Å². The van der Waals surface area contributed by atoms with Gasteiger partial charge in [0.2, 0.25) is 0 Å². The van der Waals surface area contributed by atoms with E-state index >= 15 is 0 Å². The van der Waals surface area contributed by atoms with Crippen LogP contribution in [0.25, 0.3) is 12.2 Å². The summed E-state index contributed by atoms with van der Waals surface area (Å²) in [5.41, 5.74) is 9.36. The van der Waals surface area contributed by atoms with Crippen LogP contribution in [-0.4, -0.2) is 0 Å². The van der Waals surface area contributed by atoms with Crippen LogP contribution in [0.3, 0.4) is 0 Å². The van der Waals surface area contributed by atoms with Gasteiger partial charge in [0.15, 0.2) is 0 Å². The first-order valence-corrected chi connectivity index (χ1v) is 23.9. The third-order valence-electron chi connectivity index (χ3n) is 10.2. The molecule has 0 fully saturated rings. The third-order valence-corrected chi connectivity index (χ3v) is 10.2. The summed E-state index contributed by atoms with van der Waals surface area (Å²) in [5, 5.41) is 0. The van der Waals surface area contributed by atoms with Gasteiger partial charge in [0, 0.05) is 22.3 Å². The monoisotopic (exact) mass is 815 g/mol. The molecule has 61 heavy (non-hydrogen) atoms. The Bertz CT molecular complexity index is 1690. The summed E-state index contributed by atoms with van der Waals surface area (Å²) in [7, 11) is 0. The smallest absolute Gasteiger partial charge is 0.0249 e. The van der Waals surface area contributed by atoms with Crippen LogP contribution in [-0.2, 0) is 12.8 Å². The fraction of sp³-hybridized carbons (Fsp3) is 0.410. The zero-order chi connectivity index (χ0) is 44.4. The van der Waals surface area contributed by atoms with E-state index in [2.05, 4.69) is 174 Å². The lowest BCUT2D eigenvalue weighted by Gasteiger charge is -2.02. The van der Waals surface area contributed by atoms with E-state index in [-0.39, 0.29) is 0 Å². The first-order chi connectivity index (χ1) is 30.0. The van der Waals surface area contributed by atoms with Crippen LogP contribution in [0.1, 0.15) is 195 Å². The van der Waals surface area contributed by atoms with Crippen molar-refractivity contribution in [3.8, 4) is 23.7 Å². The number of hydrogen-bond acceptors (Lipinski definition) is 0. The Kier molecular flexibility index (Phi) is 34.6. The van der Waals surface area contributed by atoms with Gasteiger partial charge in [0.1, 0.15) is 0 Å². The van der Waals surface area contributed by atoms with E-state index in [1.54, 1.807) is 12.2 Å². The Morgan fingerprint density at radius 1 is 0.344 bits per heavy atom. The normalized spacial score (nSPS) is 10.1. The van der Waals surface area contributed by atoms with Gasteiger partial charge < -0.3 is 0 Å². The molecule has 0 unspecified atom stereocenters. The summed E-state index contributed by atoms with van der Waals surface area (Å²) in [6.45, 7) is 19.8. The van der Waals surface area contributed by atoms with Crippen molar-refractivity contribution in [2.75, 3.05) is 0 Å². The van der Waals surface area contributed by atoms with E-state index in [1.807, 2.05) is 26.0 Å². The van der Waals surface area contributed by atoms with Crippen LogP contribution < -0.4 is 0 Å². The fourth-order valence-corrected chi connectivity index (χ4v) is 6.24. The Morgan fingerprint density at radius 2 is 0.590 bits per heavy atom. The maximum absolute atomic E-state index is 3.36. The standard InChI is InChI=1S/C46H52.C7H16.C4H8.C4H6/c1-3-5-7-9-11-13-15-39-17-21-41(22-18-39)25-27-43-29-33-45(34-30-43)37-38-46-35-31-44(32-36-46)28-26-42-23-19-40(20-24-42)16-14-12-10-8-6-4-2;1-3-5-7-6-4-2;2*1-3-4-2/h17-24,29-38H,3-16H2,1-2H3;3-7H2,1-2H3;3-4H,1-2H3;3-4H,1-2H2/b38-37+;;4-3-;.